The van der Waals surface area contributed by atoms with Gasteiger partial charge in [0.2, 0.25) is 0 Å². The van der Waals surface area contributed by atoms with E-state index in [1.54, 1.807) is 0 Å². The molecule has 2 N–H and O–H groups in total. The van der Waals surface area contributed by atoms with E-state index < -0.39 is 6.10 Å². The minimum absolute atomic E-state index is 0.193. The lowest BCUT2D eigenvalue weighted by molar-refractivity contribution is -0.424. The smallest absolute Gasteiger partial charge is 0.119 e. The first-order chi connectivity index (χ1) is 11.2. The summed E-state index contributed by atoms with van der Waals surface area (Å²) >= 11 is 0. The molecule has 0 spiro atoms. The fraction of sp³-hybridized carbons (Fsp3) is 0.211. The molecular formula is C19H19N2O2-. The van der Waals surface area contributed by atoms with Crippen molar-refractivity contribution >= 4 is 16.6 Å². The maximum absolute atomic E-state index is 11.4. The molecule has 3 rings (SSSR count). The van der Waals surface area contributed by atoms with Gasteiger partial charge in [0.1, 0.15) is 5.75 Å². The maximum atomic E-state index is 11.4. The van der Waals surface area contributed by atoms with Gasteiger partial charge in [0, 0.05) is 16.6 Å². The molecule has 1 unspecified atom stereocenters. The average Bonchev–Trinajstić information content (AvgIpc) is 2.59. The normalized spacial score (nSPS) is 12.3. The highest BCUT2D eigenvalue weighted by atomic mass is 16.5. The van der Waals surface area contributed by atoms with E-state index in [2.05, 4.69) is 4.98 Å². The molecule has 0 aliphatic carbocycles. The van der Waals surface area contributed by atoms with Crippen molar-refractivity contribution < 1.29 is 9.84 Å². The molecule has 0 fully saturated rings. The zero-order chi connectivity index (χ0) is 16.2. The zero-order valence-corrected chi connectivity index (χ0v) is 13.0. The molecule has 1 aromatic heterocycles. The summed E-state index contributed by atoms with van der Waals surface area (Å²) < 4.78 is 5.54. The van der Waals surface area contributed by atoms with Crippen LogP contribution in [0.25, 0.3) is 22.2 Å². The highest BCUT2D eigenvalue weighted by Crippen LogP contribution is 2.24. The first-order valence-corrected chi connectivity index (χ1v) is 7.71. The van der Waals surface area contributed by atoms with Gasteiger partial charge in [-0.3, -0.25) is 0 Å². The van der Waals surface area contributed by atoms with Crippen LogP contribution in [0.3, 0.4) is 0 Å². The molecule has 2 aromatic carbocycles. The van der Waals surface area contributed by atoms with Crippen molar-refractivity contribution in [2.45, 2.75) is 19.4 Å². The lowest BCUT2D eigenvalue weighted by Gasteiger charge is -2.20. The molecule has 1 heterocycles. The van der Waals surface area contributed by atoms with Crippen molar-refractivity contribution in [1.82, 2.24) is 4.98 Å². The number of benzene rings is 2. The Kier molecular flexibility index (Phi) is 4.44. The molecule has 4 heteroatoms. The van der Waals surface area contributed by atoms with Gasteiger partial charge in [0.25, 0.3) is 0 Å². The van der Waals surface area contributed by atoms with E-state index in [0.29, 0.717) is 12.2 Å². The summed E-state index contributed by atoms with van der Waals surface area (Å²) in [4.78, 5) is 4.67. The number of aromatic nitrogens is 1. The second-order valence-electron chi connectivity index (χ2n) is 5.51. The second-order valence-corrected chi connectivity index (χ2v) is 5.51. The van der Waals surface area contributed by atoms with E-state index in [4.69, 9.17) is 10.5 Å². The van der Waals surface area contributed by atoms with E-state index in [0.717, 1.165) is 27.8 Å². The third-order valence-corrected chi connectivity index (χ3v) is 3.76. The third kappa shape index (κ3) is 3.60. The molecule has 0 aliphatic rings. The van der Waals surface area contributed by atoms with Crippen LogP contribution >= 0.6 is 0 Å². The lowest BCUT2D eigenvalue weighted by Crippen LogP contribution is -2.30. The average molecular weight is 307 g/mol. The van der Waals surface area contributed by atoms with Crippen LogP contribution in [0.4, 0.5) is 5.69 Å². The first-order valence-electron chi connectivity index (χ1n) is 7.71. The fourth-order valence-corrected chi connectivity index (χ4v) is 2.32. The van der Waals surface area contributed by atoms with E-state index in [9.17, 15) is 5.11 Å². The van der Waals surface area contributed by atoms with Crippen molar-refractivity contribution in [3.63, 3.8) is 0 Å². The van der Waals surface area contributed by atoms with Gasteiger partial charge in [0.15, 0.2) is 0 Å². The Morgan fingerprint density at radius 3 is 2.61 bits per heavy atom. The Morgan fingerprint density at radius 2 is 1.87 bits per heavy atom. The monoisotopic (exact) mass is 307 g/mol. The van der Waals surface area contributed by atoms with Crippen LogP contribution in [0.2, 0.25) is 0 Å². The molecule has 0 amide bonds. The first kappa shape index (κ1) is 15.3. The Bertz CT molecular complexity index is 800. The van der Waals surface area contributed by atoms with Gasteiger partial charge in [-0.25, -0.2) is 4.98 Å². The summed E-state index contributed by atoms with van der Waals surface area (Å²) in [6, 6.07) is 17.3. The number of pyridine rings is 1. The number of fused-ring (bicyclic) bond motifs is 1. The van der Waals surface area contributed by atoms with Crippen molar-refractivity contribution in [3.8, 4) is 17.0 Å². The van der Waals surface area contributed by atoms with E-state index in [-0.39, 0.29) is 6.61 Å². The molecule has 0 bridgehead atoms. The van der Waals surface area contributed by atoms with Crippen molar-refractivity contribution in [2.75, 3.05) is 12.3 Å². The Balaban J connectivity index is 1.85. The van der Waals surface area contributed by atoms with Crippen molar-refractivity contribution in [3.05, 3.63) is 54.6 Å². The highest BCUT2D eigenvalue weighted by molar-refractivity contribution is 5.83. The van der Waals surface area contributed by atoms with E-state index in [1.807, 2.05) is 61.5 Å². The van der Waals surface area contributed by atoms with Gasteiger partial charge in [-0.15, -0.1) is 0 Å². The second kappa shape index (κ2) is 6.67. The van der Waals surface area contributed by atoms with Gasteiger partial charge >= 0.3 is 0 Å². The lowest BCUT2D eigenvalue weighted by atomic mass is 10.1. The van der Waals surface area contributed by atoms with E-state index in [1.165, 1.54) is 0 Å². The largest absolute Gasteiger partial charge is 0.850 e. The minimum Gasteiger partial charge on any atom is -0.850 e. The Morgan fingerprint density at radius 1 is 1.09 bits per heavy atom. The highest BCUT2D eigenvalue weighted by Gasteiger charge is 2.03. The number of nitrogen functional groups attached to an aromatic ring is 1. The molecule has 0 aliphatic heterocycles. The minimum atomic E-state index is -0.684. The van der Waals surface area contributed by atoms with Gasteiger partial charge in [-0.2, -0.15) is 0 Å². The van der Waals surface area contributed by atoms with Crippen molar-refractivity contribution in [2.24, 2.45) is 0 Å². The predicted octanol–water partition coefficient (Wildman–Crippen LogP) is 3.00. The van der Waals surface area contributed by atoms with Crippen LogP contribution in [-0.4, -0.2) is 17.7 Å². The topological polar surface area (TPSA) is 71.2 Å². The Hall–Kier alpha value is -2.59. The summed E-state index contributed by atoms with van der Waals surface area (Å²) in [5.41, 5.74) is 9.27. The summed E-state index contributed by atoms with van der Waals surface area (Å²) in [7, 11) is 0. The van der Waals surface area contributed by atoms with Gasteiger partial charge < -0.3 is 15.6 Å². The maximum Gasteiger partial charge on any atom is 0.119 e. The molecule has 0 saturated carbocycles. The van der Waals surface area contributed by atoms with Gasteiger partial charge in [0.05, 0.1) is 17.8 Å². The van der Waals surface area contributed by atoms with Gasteiger partial charge in [-0.05, 0) is 36.4 Å². The van der Waals surface area contributed by atoms with E-state index >= 15 is 0 Å². The summed E-state index contributed by atoms with van der Waals surface area (Å²) in [6.07, 6.45) is -0.114. The number of anilines is 1. The van der Waals surface area contributed by atoms with Crippen LogP contribution in [0.15, 0.2) is 54.6 Å². The standard InChI is InChI=1S/C19H19N2O2/c1-2-16(22)12-23-17-8-10-19-14(11-17)5-9-18(21-19)13-3-6-15(20)7-4-13/h3-11,16H,2,12,20H2,1H3/q-1. The van der Waals surface area contributed by atoms with Crippen LogP contribution in [-0.2, 0) is 0 Å². The third-order valence-electron chi connectivity index (χ3n) is 3.76. The molecule has 0 radical (unpaired) electrons. The summed E-state index contributed by atoms with van der Waals surface area (Å²) in [6.45, 7) is 2.06. The molecule has 118 valence electrons. The number of rotatable bonds is 5. The predicted molar refractivity (Wildman–Crippen MR) is 91.2 cm³/mol. The van der Waals surface area contributed by atoms with Crippen molar-refractivity contribution in [1.29, 1.82) is 0 Å². The summed E-state index contributed by atoms with van der Waals surface area (Å²) in [5, 5.41) is 12.4. The number of nitrogens with zero attached hydrogens (tertiary/aromatic N) is 1. The summed E-state index contributed by atoms with van der Waals surface area (Å²) in [5.74, 6) is 0.703. The quantitative estimate of drug-likeness (QED) is 0.736. The molecule has 0 saturated heterocycles. The fourth-order valence-electron chi connectivity index (χ4n) is 2.32. The SMILES string of the molecule is CCC([O-])COc1ccc2nc(-c3ccc(N)cc3)ccc2c1. The number of hydrogen-bond acceptors (Lipinski definition) is 4. The van der Waals surface area contributed by atoms with Crippen LogP contribution < -0.4 is 15.6 Å². The number of ether oxygens (including phenoxy) is 1. The molecule has 23 heavy (non-hydrogen) atoms. The van der Waals surface area contributed by atoms with Crippen LogP contribution in [0.1, 0.15) is 13.3 Å². The molecule has 3 aromatic rings. The molecule has 1 atom stereocenters. The number of hydrogen-bond donors (Lipinski definition) is 1. The van der Waals surface area contributed by atoms with Gasteiger partial charge in [-0.1, -0.05) is 37.6 Å². The van der Waals surface area contributed by atoms with Crippen LogP contribution in [0.5, 0.6) is 5.75 Å². The Labute approximate surface area is 135 Å². The zero-order valence-electron chi connectivity index (χ0n) is 13.0. The molecular weight excluding hydrogens is 288 g/mol. The van der Waals surface area contributed by atoms with Crippen LogP contribution in [0, 0.1) is 0 Å². The molecule has 4 nitrogen and oxygen atoms in total. The number of nitrogens with two attached hydrogens (primary N) is 1.